The van der Waals surface area contributed by atoms with Crippen LogP contribution in [0.2, 0.25) is 0 Å². The Morgan fingerprint density at radius 2 is 2.08 bits per heavy atom. The molecule has 2 heterocycles. The number of dihydropyridines is 1. The number of imide groups is 1. The van der Waals surface area contributed by atoms with Gasteiger partial charge in [-0.05, 0) is 19.3 Å². The first-order chi connectivity index (χ1) is 12.5. The van der Waals surface area contributed by atoms with Crippen LogP contribution in [0.15, 0.2) is 16.3 Å². The number of aliphatic imine (C=N–C) groups is 1. The van der Waals surface area contributed by atoms with E-state index in [4.69, 9.17) is 4.74 Å². The summed E-state index contributed by atoms with van der Waals surface area (Å²) in [5, 5.41) is 2.92. The molecule has 0 aromatic carbocycles. The van der Waals surface area contributed by atoms with Crippen molar-refractivity contribution in [3.63, 3.8) is 0 Å². The van der Waals surface area contributed by atoms with E-state index in [0.717, 1.165) is 36.2 Å². The average molecular weight is 361 g/mol. The van der Waals surface area contributed by atoms with Crippen LogP contribution in [0.25, 0.3) is 0 Å². The molecule has 8 nitrogen and oxygen atoms in total. The van der Waals surface area contributed by atoms with E-state index in [2.05, 4.69) is 10.3 Å². The smallest absolute Gasteiger partial charge is 0.446 e. The maximum Gasteiger partial charge on any atom is 0.446 e. The van der Waals surface area contributed by atoms with Gasteiger partial charge in [0, 0.05) is 11.6 Å². The molecule has 1 atom stereocenters. The van der Waals surface area contributed by atoms with Crippen molar-refractivity contribution in [3.05, 3.63) is 11.3 Å². The quantitative estimate of drug-likeness (QED) is 0.741. The molecule has 0 spiro atoms. The number of amides is 4. The number of carbonyl (C=O) groups is 3. The van der Waals surface area contributed by atoms with Crippen LogP contribution in [0, 0.1) is 5.92 Å². The normalized spacial score (nSPS) is 23.7. The summed E-state index contributed by atoms with van der Waals surface area (Å²) in [7, 11) is 3.06. The van der Waals surface area contributed by atoms with E-state index in [1.807, 2.05) is 6.92 Å². The molecule has 0 radical (unpaired) electrons. The van der Waals surface area contributed by atoms with Crippen LogP contribution < -0.4 is 5.32 Å². The molecule has 1 unspecified atom stereocenters. The molecule has 0 bridgehead atoms. The standard InChI is InChI=1S/C18H24N4O4/c1-4-11-9-19-16-14(15(11)26-3)17(24)22(18(25)21(16)2)10-13(23)20-12-7-5-6-8-12/h9,12,14H,4-8,10H2,1-3H3/p+1. The molecule has 4 amide bonds. The van der Waals surface area contributed by atoms with Gasteiger partial charge in [0.05, 0.1) is 14.2 Å². The van der Waals surface area contributed by atoms with Crippen molar-refractivity contribution in [2.24, 2.45) is 10.9 Å². The van der Waals surface area contributed by atoms with E-state index < -0.39 is 17.9 Å². The Morgan fingerprint density at radius 1 is 1.38 bits per heavy atom. The van der Waals surface area contributed by atoms with Crippen LogP contribution >= 0.6 is 0 Å². The van der Waals surface area contributed by atoms with Crippen LogP contribution in [0.3, 0.4) is 0 Å². The number of nitrogens with zero attached hydrogens (tertiary/aromatic N) is 3. The fourth-order valence-corrected chi connectivity index (χ4v) is 3.76. The Morgan fingerprint density at radius 3 is 2.69 bits per heavy atom. The van der Waals surface area contributed by atoms with Crippen molar-refractivity contribution >= 4 is 29.9 Å². The number of ether oxygens (including phenoxy) is 1. The number of rotatable bonds is 5. The molecule has 0 saturated heterocycles. The van der Waals surface area contributed by atoms with Gasteiger partial charge in [0.1, 0.15) is 12.0 Å². The van der Waals surface area contributed by atoms with E-state index in [-0.39, 0.29) is 18.5 Å². The molecule has 1 N–H and O–H groups in total. The van der Waals surface area contributed by atoms with Gasteiger partial charge in [-0.3, -0.25) is 9.59 Å². The van der Waals surface area contributed by atoms with Gasteiger partial charge in [0.15, 0.2) is 12.5 Å². The predicted octanol–water partition coefficient (Wildman–Crippen LogP) is 1.06. The van der Waals surface area contributed by atoms with Gasteiger partial charge in [0.2, 0.25) is 0 Å². The number of urea groups is 1. The van der Waals surface area contributed by atoms with Gasteiger partial charge in [-0.15, -0.1) is 4.99 Å². The van der Waals surface area contributed by atoms with Crippen LogP contribution in [-0.4, -0.2) is 66.1 Å². The Bertz CT molecular complexity index is 731. The van der Waals surface area contributed by atoms with E-state index in [1.54, 1.807) is 13.3 Å². The number of nitrogens with one attached hydrogen (secondary N) is 1. The number of hydrogen-bond acceptors (Lipinski definition) is 5. The number of fused-ring (bicyclic) bond motifs is 1. The highest BCUT2D eigenvalue weighted by Gasteiger charge is 2.51. The fraction of sp³-hybridized carbons (Fsp3) is 0.611. The molecule has 0 aromatic heterocycles. The van der Waals surface area contributed by atoms with Crippen molar-refractivity contribution < 1.29 is 23.7 Å². The third-order valence-electron chi connectivity index (χ3n) is 5.19. The van der Waals surface area contributed by atoms with Gasteiger partial charge in [-0.2, -0.15) is 9.48 Å². The summed E-state index contributed by atoms with van der Waals surface area (Å²) in [5.41, 5.74) is 0.813. The summed E-state index contributed by atoms with van der Waals surface area (Å²) in [6.45, 7) is 1.66. The second kappa shape index (κ2) is 7.39. The lowest BCUT2D eigenvalue weighted by molar-refractivity contribution is -0.408. The van der Waals surface area contributed by atoms with Gasteiger partial charge in [-0.25, -0.2) is 4.79 Å². The van der Waals surface area contributed by atoms with Gasteiger partial charge in [0.25, 0.3) is 11.7 Å². The zero-order valence-corrected chi connectivity index (χ0v) is 15.4. The predicted molar refractivity (Wildman–Crippen MR) is 95.0 cm³/mol. The first-order valence-corrected chi connectivity index (χ1v) is 9.04. The van der Waals surface area contributed by atoms with Crippen LogP contribution in [-0.2, 0) is 14.3 Å². The highest BCUT2D eigenvalue weighted by atomic mass is 16.5. The minimum absolute atomic E-state index is 0.137. The zero-order valence-electron chi connectivity index (χ0n) is 15.4. The summed E-state index contributed by atoms with van der Waals surface area (Å²) in [4.78, 5) is 43.2. The second-order valence-corrected chi connectivity index (χ2v) is 6.81. The molecule has 2 aliphatic heterocycles. The third kappa shape index (κ3) is 3.15. The lowest BCUT2D eigenvalue weighted by Gasteiger charge is -2.29. The lowest BCUT2D eigenvalue weighted by Crippen LogP contribution is -2.57. The topological polar surface area (TPSA) is 91.1 Å². The zero-order chi connectivity index (χ0) is 18.8. The Hall–Kier alpha value is -2.51. The number of carbonyl (C=O) groups excluding carboxylic acids is 3. The second-order valence-electron chi connectivity index (χ2n) is 6.81. The number of allylic oxidation sites excluding steroid dienone is 1. The Kier molecular flexibility index (Phi) is 5.20. The molecule has 1 aliphatic carbocycles. The van der Waals surface area contributed by atoms with Gasteiger partial charge >= 0.3 is 11.9 Å². The molecule has 0 aromatic rings. The molecule has 1 saturated carbocycles. The van der Waals surface area contributed by atoms with Crippen molar-refractivity contribution in [1.82, 2.24) is 10.2 Å². The Balaban J connectivity index is 1.85. The van der Waals surface area contributed by atoms with Gasteiger partial charge in [-0.1, -0.05) is 19.8 Å². The monoisotopic (exact) mass is 361 g/mol. The average Bonchev–Trinajstić information content (AvgIpc) is 3.14. The number of amidine groups is 1. The Labute approximate surface area is 152 Å². The van der Waals surface area contributed by atoms with Crippen molar-refractivity contribution in [3.8, 4) is 0 Å². The molecule has 26 heavy (non-hydrogen) atoms. The summed E-state index contributed by atoms with van der Waals surface area (Å²) in [6, 6.07) is -0.409. The number of methoxy groups -OCH3 is 1. The summed E-state index contributed by atoms with van der Waals surface area (Å²) < 4.78 is 6.78. The van der Waals surface area contributed by atoms with Gasteiger partial charge < -0.3 is 10.1 Å². The molecule has 8 heteroatoms. The maximum atomic E-state index is 13.0. The maximum absolute atomic E-state index is 13.0. The van der Waals surface area contributed by atoms with E-state index in [9.17, 15) is 14.4 Å². The van der Waals surface area contributed by atoms with Crippen molar-refractivity contribution in [1.29, 1.82) is 0 Å². The lowest BCUT2D eigenvalue weighted by atomic mass is 9.94. The van der Waals surface area contributed by atoms with Crippen LogP contribution in [0.4, 0.5) is 4.79 Å². The molecular formula is C18H25N4O4+. The molecule has 3 aliphatic rings. The van der Waals surface area contributed by atoms with E-state index >= 15 is 0 Å². The van der Waals surface area contributed by atoms with Crippen molar-refractivity contribution in [2.45, 2.75) is 45.1 Å². The molecule has 140 valence electrons. The highest BCUT2D eigenvalue weighted by molar-refractivity contribution is 6.16. The first-order valence-electron chi connectivity index (χ1n) is 9.04. The largest absolute Gasteiger partial charge is 0.499 e. The summed E-state index contributed by atoms with van der Waals surface area (Å²) in [5.74, 6) is -0.746. The minimum atomic E-state index is -0.790. The summed E-state index contributed by atoms with van der Waals surface area (Å²) >= 11 is 0. The van der Waals surface area contributed by atoms with Crippen molar-refractivity contribution in [2.75, 3.05) is 20.7 Å². The molecular weight excluding hydrogens is 336 g/mol. The fourth-order valence-electron chi connectivity index (χ4n) is 3.76. The molecule has 3 rings (SSSR count). The SMILES string of the molecule is CCC1=C(OC)C2C(=O)N(CC(=O)NC3CCCC3)C(=O)[N+](C)=C2N=C1. The van der Waals surface area contributed by atoms with E-state index in [0.29, 0.717) is 18.0 Å². The van der Waals surface area contributed by atoms with E-state index in [1.165, 1.54) is 11.7 Å². The molecule has 1 fully saturated rings. The third-order valence-corrected chi connectivity index (χ3v) is 5.19. The first kappa shape index (κ1) is 18.3. The minimum Gasteiger partial charge on any atom is -0.499 e. The highest BCUT2D eigenvalue weighted by Crippen LogP contribution is 2.28. The number of hydrogen-bond donors (Lipinski definition) is 1. The van der Waals surface area contributed by atoms with Crippen LogP contribution in [0.5, 0.6) is 0 Å². The summed E-state index contributed by atoms with van der Waals surface area (Å²) in [6.07, 6.45) is 6.36. The van der Waals surface area contributed by atoms with Crippen LogP contribution in [0.1, 0.15) is 39.0 Å².